The predicted molar refractivity (Wildman–Crippen MR) is 75.1 cm³/mol. The number of ether oxygens (including phenoxy) is 1. The van der Waals surface area contributed by atoms with Gasteiger partial charge >= 0.3 is 0 Å². The number of phenols is 3. The molecule has 6 heteroatoms. The molecule has 2 rings (SSSR count). The fraction of sp³-hybridized carbons (Fsp3) is 0.143. The van der Waals surface area contributed by atoms with E-state index in [2.05, 4.69) is 0 Å². The van der Waals surface area contributed by atoms with Gasteiger partial charge in [-0.2, -0.15) is 0 Å². The smallest absolute Gasteiger partial charge is 0.200 e. The minimum absolute atomic E-state index is 0.193. The molecule has 0 saturated heterocycles. The van der Waals surface area contributed by atoms with Crippen molar-refractivity contribution >= 4 is 12.0 Å². The van der Waals surface area contributed by atoms with Crippen LogP contribution in [0.5, 0.6) is 23.0 Å². The van der Waals surface area contributed by atoms with Crippen molar-refractivity contribution < 1.29 is 24.2 Å². The van der Waals surface area contributed by atoms with Crippen molar-refractivity contribution in [3.63, 3.8) is 0 Å². The third-order valence-corrected chi connectivity index (χ3v) is 3.25. The monoisotopic (exact) mass is 294 g/mol. The van der Waals surface area contributed by atoms with Gasteiger partial charge in [-0.1, -0.05) is 0 Å². The first-order chi connectivity index (χ1) is 9.60. The summed E-state index contributed by atoms with van der Waals surface area (Å²) < 4.78 is 10.4. The molecule has 106 valence electrons. The third kappa shape index (κ3) is 3.49. The first-order valence-electron chi connectivity index (χ1n) is 5.77. The SMILES string of the molecule is COc1cc(COSc2ccc(O)cc2)cc(O)c1O. The lowest BCUT2D eigenvalue weighted by molar-refractivity contribution is 0.339. The largest absolute Gasteiger partial charge is 0.508 e. The van der Waals surface area contributed by atoms with Gasteiger partial charge in [-0.25, -0.2) is 0 Å². The van der Waals surface area contributed by atoms with Gasteiger partial charge in [0.1, 0.15) is 5.75 Å². The molecule has 2 aromatic carbocycles. The van der Waals surface area contributed by atoms with Crippen molar-refractivity contribution in [1.82, 2.24) is 0 Å². The normalized spacial score (nSPS) is 10.4. The number of benzene rings is 2. The Hall–Kier alpha value is -2.05. The molecule has 0 aliphatic heterocycles. The van der Waals surface area contributed by atoms with Crippen molar-refractivity contribution in [2.45, 2.75) is 11.5 Å². The van der Waals surface area contributed by atoms with E-state index in [4.69, 9.17) is 14.0 Å². The van der Waals surface area contributed by atoms with Crippen LogP contribution in [-0.2, 0) is 10.8 Å². The number of hydrogen-bond acceptors (Lipinski definition) is 6. The molecule has 20 heavy (non-hydrogen) atoms. The lowest BCUT2D eigenvalue weighted by Crippen LogP contribution is -1.90. The van der Waals surface area contributed by atoms with Crippen LogP contribution in [0.1, 0.15) is 5.56 Å². The molecule has 0 unspecified atom stereocenters. The molecule has 0 aromatic heterocycles. The maximum Gasteiger partial charge on any atom is 0.200 e. The highest BCUT2D eigenvalue weighted by Crippen LogP contribution is 2.36. The van der Waals surface area contributed by atoms with Crippen LogP contribution < -0.4 is 4.74 Å². The first-order valence-corrected chi connectivity index (χ1v) is 6.51. The van der Waals surface area contributed by atoms with Crippen LogP contribution in [-0.4, -0.2) is 22.4 Å². The summed E-state index contributed by atoms with van der Waals surface area (Å²) in [6.45, 7) is 0.232. The Balaban J connectivity index is 1.97. The van der Waals surface area contributed by atoms with Crippen molar-refractivity contribution in [2.24, 2.45) is 0 Å². The average molecular weight is 294 g/mol. The van der Waals surface area contributed by atoms with E-state index in [1.165, 1.54) is 13.2 Å². The summed E-state index contributed by atoms with van der Waals surface area (Å²) in [4.78, 5) is 0.845. The standard InChI is InChI=1S/C14H14O5S/c1-18-13-7-9(6-12(16)14(13)17)8-19-20-11-4-2-10(15)3-5-11/h2-7,15-17H,8H2,1H3. The Morgan fingerprint density at radius 1 is 1.05 bits per heavy atom. The van der Waals surface area contributed by atoms with E-state index >= 15 is 0 Å². The van der Waals surface area contributed by atoms with Crippen LogP contribution in [0.25, 0.3) is 0 Å². The van der Waals surface area contributed by atoms with Crippen LogP contribution in [0.15, 0.2) is 41.3 Å². The summed E-state index contributed by atoms with van der Waals surface area (Å²) in [5.41, 5.74) is 0.670. The minimum Gasteiger partial charge on any atom is -0.508 e. The van der Waals surface area contributed by atoms with Crippen LogP contribution >= 0.6 is 12.0 Å². The molecule has 0 atom stereocenters. The van der Waals surface area contributed by atoms with Crippen molar-refractivity contribution in [3.8, 4) is 23.0 Å². The molecule has 0 saturated carbocycles. The van der Waals surface area contributed by atoms with E-state index in [0.29, 0.717) is 5.56 Å². The summed E-state index contributed by atoms with van der Waals surface area (Å²) in [5.74, 6) is -0.152. The summed E-state index contributed by atoms with van der Waals surface area (Å²) in [5, 5.41) is 28.2. The van der Waals surface area contributed by atoms with E-state index in [-0.39, 0.29) is 29.6 Å². The first kappa shape index (κ1) is 14.4. The van der Waals surface area contributed by atoms with Gasteiger partial charge in [-0.05, 0) is 42.0 Å². The molecule has 0 aliphatic rings. The van der Waals surface area contributed by atoms with Gasteiger partial charge in [-0.3, -0.25) is 0 Å². The van der Waals surface area contributed by atoms with Crippen LogP contribution in [0, 0.1) is 0 Å². The second kappa shape index (κ2) is 6.40. The van der Waals surface area contributed by atoms with E-state index < -0.39 is 0 Å². The maximum absolute atomic E-state index is 9.54. The predicted octanol–water partition coefficient (Wildman–Crippen LogP) is 3.04. The van der Waals surface area contributed by atoms with Gasteiger partial charge < -0.3 is 24.2 Å². The fourth-order valence-corrected chi connectivity index (χ4v) is 2.13. The molecule has 0 fully saturated rings. The second-order valence-corrected chi connectivity index (χ2v) is 4.88. The highest BCUT2D eigenvalue weighted by atomic mass is 32.2. The van der Waals surface area contributed by atoms with Gasteiger partial charge in [0, 0.05) is 16.9 Å². The van der Waals surface area contributed by atoms with E-state index in [1.807, 2.05) is 0 Å². The second-order valence-electron chi connectivity index (χ2n) is 4.01. The molecule has 2 aromatic rings. The summed E-state index contributed by atoms with van der Waals surface area (Å²) in [6.07, 6.45) is 0. The molecular formula is C14H14O5S. The average Bonchev–Trinajstić information content (AvgIpc) is 2.44. The molecule has 0 heterocycles. The van der Waals surface area contributed by atoms with E-state index in [0.717, 1.165) is 16.9 Å². The molecular weight excluding hydrogens is 280 g/mol. The van der Waals surface area contributed by atoms with Crippen LogP contribution in [0.4, 0.5) is 0 Å². The topological polar surface area (TPSA) is 79.2 Å². The molecule has 0 bridgehead atoms. The number of rotatable bonds is 5. The number of aromatic hydroxyl groups is 3. The molecule has 0 aliphatic carbocycles. The lowest BCUT2D eigenvalue weighted by atomic mass is 10.2. The molecule has 0 amide bonds. The quantitative estimate of drug-likeness (QED) is 0.581. The Morgan fingerprint density at radius 2 is 1.75 bits per heavy atom. The highest BCUT2D eigenvalue weighted by Gasteiger charge is 2.09. The minimum atomic E-state index is -0.289. The lowest BCUT2D eigenvalue weighted by Gasteiger charge is -2.09. The third-order valence-electron chi connectivity index (χ3n) is 2.55. The van der Waals surface area contributed by atoms with Crippen molar-refractivity contribution in [1.29, 1.82) is 0 Å². The molecule has 3 N–H and O–H groups in total. The van der Waals surface area contributed by atoms with Crippen LogP contribution in [0.2, 0.25) is 0 Å². The molecule has 5 nitrogen and oxygen atoms in total. The Kier molecular flexibility index (Phi) is 4.60. The van der Waals surface area contributed by atoms with Crippen molar-refractivity contribution in [3.05, 3.63) is 42.0 Å². The maximum atomic E-state index is 9.54. The zero-order chi connectivity index (χ0) is 14.5. The summed E-state index contributed by atoms with van der Waals surface area (Å²) in [7, 11) is 1.41. The number of methoxy groups -OCH3 is 1. The molecule has 0 radical (unpaired) electrons. The van der Waals surface area contributed by atoms with Gasteiger partial charge in [-0.15, -0.1) is 0 Å². The molecule has 0 spiro atoms. The number of phenolic OH excluding ortho intramolecular Hbond substituents is 3. The summed E-state index contributed by atoms with van der Waals surface area (Å²) in [6, 6.07) is 9.60. The Morgan fingerprint density at radius 3 is 2.40 bits per heavy atom. The zero-order valence-corrected chi connectivity index (χ0v) is 11.6. The van der Waals surface area contributed by atoms with Gasteiger partial charge in [0.15, 0.2) is 11.5 Å². The Labute approximate surface area is 120 Å². The van der Waals surface area contributed by atoms with Crippen molar-refractivity contribution in [2.75, 3.05) is 7.11 Å². The van der Waals surface area contributed by atoms with E-state index in [9.17, 15) is 10.2 Å². The van der Waals surface area contributed by atoms with Gasteiger partial charge in [0.2, 0.25) is 5.75 Å². The highest BCUT2D eigenvalue weighted by molar-refractivity contribution is 7.94. The Bertz CT molecular complexity index is 583. The zero-order valence-electron chi connectivity index (χ0n) is 10.7. The van der Waals surface area contributed by atoms with Gasteiger partial charge in [0.05, 0.1) is 13.7 Å². The fourth-order valence-electron chi connectivity index (χ4n) is 1.55. The number of hydrogen-bond donors (Lipinski definition) is 3. The van der Waals surface area contributed by atoms with E-state index in [1.54, 1.807) is 30.3 Å². The van der Waals surface area contributed by atoms with Gasteiger partial charge in [0.25, 0.3) is 0 Å². The summed E-state index contributed by atoms with van der Waals surface area (Å²) >= 11 is 1.15. The van der Waals surface area contributed by atoms with Crippen LogP contribution in [0.3, 0.4) is 0 Å².